The standard InChI is InChI=1S/C11H13F3N2O3/c1-10(9(15)19,16-5-11(12,13)14)6-2-7(17)4-8(18)3-6/h2-4,16-18H,5H2,1H3,(H2,15,19). The molecule has 1 aromatic rings. The Balaban J connectivity index is 3.15. The molecule has 0 aliphatic carbocycles. The Bertz CT molecular complexity index is 470. The van der Waals surface area contributed by atoms with Gasteiger partial charge in [0.2, 0.25) is 5.91 Å². The van der Waals surface area contributed by atoms with Crippen LogP contribution in [0.1, 0.15) is 12.5 Å². The summed E-state index contributed by atoms with van der Waals surface area (Å²) in [7, 11) is 0. The molecular weight excluding hydrogens is 265 g/mol. The molecule has 0 heterocycles. The summed E-state index contributed by atoms with van der Waals surface area (Å²) in [5.41, 5.74) is 3.16. The van der Waals surface area contributed by atoms with Crippen molar-refractivity contribution in [3.05, 3.63) is 23.8 Å². The minimum atomic E-state index is -4.53. The zero-order valence-electron chi connectivity index (χ0n) is 9.95. The molecule has 5 N–H and O–H groups in total. The Kier molecular flexibility index (Phi) is 3.94. The van der Waals surface area contributed by atoms with E-state index < -0.39 is 35.7 Å². The van der Waals surface area contributed by atoms with Gasteiger partial charge in [0.15, 0.2) is 0 Å². The van der Waals surface area contributed by atoms with Crippen molar-refractivity contribution in [1.29, 1.82) is 0 Å². The first kappa shape index (κ1) is 15.1. The average Bonchev–Trinajstić information content (AvgIpc) is 2.23. The van der Waals surface area contributed by atoms with Gasteiger partial charge in [-0.3, -0.25) is 10.1 Å². The fraction of sp³-hybridized carbons (Fsp3) is 0.364. The molecule has 0 aliphatic heterocycles. The molecule has 1 rings (SSSR count). The highest BCUT2D eigenvalue weighted by molar-refractivity contribution is 5.86. The second-order valence-electron chi connectivity index (χ2n) is 4.20. The van der Waals surface area contributed by atoms with Crippen LogP contribution in [-0.4, -0.2) is 28.8 Å². The van der Waals surface area contributed by atoms with Gasteiger partial charge in [-0.15, -0.1) is 0 Å². The lowest BCUT2D eigenvalue weighted by Crippen LogP contribution is -2.53. The van der Waals surface area contributed by atoms with Gasteiger partial charge in [-0.05, 0) is 24.6 Å². The lowest BCUT2D eigenvalue weighted by Gasteiger charge is -2.28. The van der Waals surface area contributed by atoms with Crippen LogP contribution in [0.5, 0.6) is 11.5 Å². The van der Waals surface area contributed by atoms with E-state index in [4.69, 9.17) is 5.73 Å². The summed E-state index contributed by atoms with van der Waals surface area (Å²) < 4.78 is 36.6. The molecule has 0 bridgehead atoms. The third-order valence-electron chi connectivity index (χ3n) is 2.62. The van der Waals surface area contributed by atoms with E-state index in [1.54, 1.807) is 0 Å². The second kappa shape index (κ2) is 4.96. The SMILES string of the molecule is CC(NCC(F)(F)F)(C(N)=O)c1cc(O)cc(O)c1. The van der Waals surface area contributed by atoms with Crippen LogP contribution in [-0.2, 0) is 10.3 Å². The number of amides is 1. The van der Waals surface area contributed by atoms with Gasteiger partial charge in [-0.1, -0.05) is 0 Å². The highest BCUT2D eigenvalue weighted by Crippen LogP contribution is 2.29. The smallest absolute Gasteiger partial charge is 0.401 e. The molecule has 106 valence electrons. The van der Waals surface area contributed by atoms with E-state index in [-0.39, 0.29) is 5.56 Å². The van der Waals surface area contributed by atoms with Crippen LogP contribution < -0.4 is 11.1 Å². The number of aromatic hydroxyl groups is 2. The summed E-state index contributed by atoms with van der Waals surface area (Å²) in [6.45, 7) is -0.307. The van der Waals surface area contributed by atoms with E-state index in [1.807, 2.05) is 5.32 Å². The number of rotatable bonds is 4. The van der Waals surface area contributed by atoms with Crippen molar-refractivity contribution in [3.63, 3.8) is 0 Å². The Hall–Kier alpha value is -1.96. The van der Waals surface area contributed by atoms with E-state index in [0.717, 1.165) is 25.1 Å². The van der Waals surface area contributed by atoms with Gasteiger partial charge < -0.3 is 15.9 Å². The van der Waals surface area contributed by atoms with Crippen LogP contribution in [0.3, 0.4) is 0 Å². The van der Waals surface area contributed by atoms with Gasteiger partial charge in [-0.2, -0.15) is 13.2 Å². The van der Waals surface area contributed by atoms with Crippen LogP contribution in [0.25, 0.3) is 0 Å². The van der Waals surface area contributed by atoms with Crippen LogP contribution in [0, 0.1) is 0 Å². The molecule has 0 aliphatic rings. The third kappa shape index (κ3) is 3.75. The van der Waals surface area contributed by atoms with Gasteiger partial charge in [-0.25, -0.2) is 0 Å². The highest BCUT2D eigenvalue weighted by Gasteiger charge is 2.38. The zero-order valence-corrected chi connectivity index (χ0v) is 9.95. The monoisotopic (exact) mass is 278 g/mol. The van der Waals surface area contributed by atoms with Crippen molar-refractivity contribution >= 4 is 5.91 Å². The maximum Gasteiger partial charge on any atom is 0.401 e. The first-order valence-corrected chi connectivity index (χ1v) is 5.20. The fourth-order valence-electron chi connectivity index (χ4n) is 1.49. The number of phenols is 2. The van der Waals surface area contributed by atoms with Crippen LogP contribution in [0.4, 0.5) is 13.2 Å². The number of hydrogen-bond donors (Lipinski definition) is 4. The van der Waals surface area contributed by atoms with Gasteiger partial charge in [0.1, 0.15) is 17.0 Å². The average molecular weight is 278 g/mol. The van der Waals surface area contributed by atoms with Crippen LogP contribution in [0.2, 0.25) is 0 Å². The molecule has 0 radical (unpaired) electrons. The van der Waals surface area contributed by atoms with Crippen molar-refractivity contribution in [3.8, 4) is 11.5 Å². The number of primary amides is 1. The minimum Gasteiger partial charge on any atom is -0.508 e. The Morgan fingerprint density at radius 3 is 2.11 bits per heavy atom. The molecule has 0 spiro atoms. The topological polar surface area (TPSA) is 95.6 Å². The van der Waals surface area contributed by atoms with Crippen molar-refractivity contribution in [1.82, 2.24) is 5.32 Å². The number of carbonyl (C=O) groups excluding carboxylic acids is 1. The predicted octanol–water partition coefficient (Wildman–Crippen LogP) is 0.950. The van der Waals surface area contributed by atoms with Crippen molar-refractivity contribution in [2.45, 2.75) is 18.6 Å². The molecule has 0 saturated heterocycles. The third-order valence-corrected chi connectivity index (χ3v) is 2.62. The number of carbonyl (C=O) groups is 1. The van der Waals surface area contributed by atoms with E-state index >= 15 is 0 Å². The number of alkyl halides is 3. The molecule has 0 aromatic heterocycles. The fourth-order valence-corrected chi connectivity index (χ4v) is 1.49. The first-order valence-electron chi connectivity index (χ1n) is 5.20. The Morgan fingerprint density at radius 1 is 1.26 bits per heavy atom. The molecule has 19 heavy (non-hydrogen) atoms. The molecule has 0 fully saturated rings. The second-order valence-corrected chi connectivity index (χ2v) is 4.20. The number of nitrogens with one attached hydrogen (secondary N) is 1. The molecule has 1 amide bonds. The lowest BCUT2D eigenvalue weighted by atomic mass is 9.90. The highest BCUT2D eigenvalue weighted by atomic mass is 19.4. The molecule has 0 saturated carbocycles. The van der Waals surface area contributed by atoms with Crippen LogP contribution in [0.15, 0.2) is 18.2 Å². The van der Waals surface area contributed by atoms with Gasteiger partial charge in [0.05, 0.1) is 6.54 Å². The van der Waals surface area contributed by atoms with E-state index in [0.29, 0.717) is 0 Å². The number of benzene rings is 1. The Morgan fingerprint density at radius 2 is 1.74 bits per heavy atom. The van der Waals surface area contributed by atoms with Crippen LogP contribution >= 0.6 is 0 Å². The number of phenolic OH excluding ortho intramolecular Hbond substituents is 2. The number of halogens is 3. The molecule has 5 nitrogen and oxygen atoms in total. The number of nitrogens with two attached hydrogens (primary N) is 1. The summed E-state index contributed by atoms with van der Waals surface area (Å²) >= 11 is 0. The molecular formula is C11H13F3N2O3. The largest absolute Gasteiger partial charge is 0.508 e. The lowest BCUT2D eigenvalue weighted by molar-refractivity contribution is -0.135. The predicted molar refractivity (Wildman–Crippen MR) is 60.4 cm³/mol. The van der Waals surface area contributed by atoms with Crippen molar-refractivity contribution in [2.24, 2.45) is 5.73 Å². The molecule has 1 aromatic carbocycles. The number of hydrogen-bond acceptors (Lipinski definition) is 4. The normalized spacial score (nSPS) is 14.9. The maximum absolute atomic E-state index is 12.2. The Labute approximate surface area is 106 Å². The quantitative estimate of drug-likeness (QED) is 0.659. The summed E-state index contributed by atoms with van der Waals surface area (Å²) in [5, 5.41) is 20.6. The summed E-state index contributed by atoms with van der Waals surface area (Å²) in [4.78, 5) is 11.4. The van der Waals surface area contributed by atoms with Crippen molar-refractivity contribution < 1.29 is 28.2 Å². The first-order chi connectivity index (χ1) is 8.54. The van der Waals surface area contributed by atoms with Gasteiger partial charge in [0, 0.05) is 6.07 Å². The maximum atomic E-state index is 12.2. The molecule has 1 unspecified atom stereocenters. The van der Waals surface area contributed by atoms with E-state index in [1.165, 1.54) is 0 Å². The zero-order chi connectivity index (χ0) is 14.8. The molecule has 1 atom stereocenters. The van der Waals surface area contributed by atoms with Gasteiger partial charge in [0.25, 0.3) is 0 Å². The minimum absolute atomic E-state index is 0.0678. The van der Waals surface area contributed by atoms with E-state index in [2.05, 4.69) is 0 Å². The van der Waals surface area contributed by atoms with Gasteiger partial charge >= 0.3 is 6.18 Å². The van der Waals surface area contributed by atoms with Crippen molar-refractivity contribution in [2.75, 3.05) is 6.54 Å². The summed E-state index contributed by atoms with van der Waals surface area (Å²) in [6.07, 6.45) is -4.53. The summed E-state index contributed by atoms with van der Waals surface area (Å²) in [6, 6.07) is 3.08. The van der Waals surface area contributed by atoms with E-state index in [9.17, 15) is 28.2 Å². The molecule has 8 heteroatoms. The summed E-state index contributed by atoms with van der Waals surface area (Å²) in [5.74, 6) is -1.85.